The molecule has 0 bridgehead atoms. The van der Waals surface area contributed by atoms with E-state index in [-0.39, 0.29) is 17.4 Å². The maximum Gasteiger partial charge on any atom is 0.234 e. The molecule has 3 aromatic rings. The molecule has 0 atom stereocenters. The number of H-pyrrole nitrogens is 1. The molecule has 0 saturated heterocycles. The Hall–Kier alpha value is -2.86. The number of hydrogen-bond acceptors (Lipinski definition) is 4. The summed E-state index contributed by atoms with van der Waals surface area (Å²) in [5.41, 5.74) is 4.22. The summed E-state index contributed by atoms with van der Waals surface area (Å²) in [5, 5.41) is 3.52. The highest BCUT2D eigenvalue weighted by molar-refractivity contribution is 7.99. The zero-order valence-electron chi connectivity index (χ0n) is 15.3. The van der Waals surface area contributed by atoms with Crippen LogP contribution in [0.4, 0.5) is 5.69 Å². The molecule has 1 heterocycles. The summed E-state index contributed by atoms with van der Waals surface area (Å²) in [6.07, 6.45) is 0.752. The molecule has 0 aliphatic heterocycles. The standard InChI is InChI=1S/C21H21N3O2S/c1-14-19(12-16-8-4-3-5-9-16)24-21(22-14)27-13-20(26)23-18-11-7-6-10-17(18)15(2)25/h3-11H,12-13H2,1-2H3,(H,22,24)(H,23,26). The Morgan fingerprint density at radius 3 is 2.52 bits per heavy atom. The van der Waals surface area contributed by atoms with Gasteiger partial charge in [0.25, 0.3) is 0 Å². The predicted octanol–water partition coefficient (Wildman–Crippen LogP) is 4.24. The lowest BCUT2D eigenvalue weighted by molar-refractivity contribution is -0.113. The number of benzene rings is 2. The number of aromatic amines is 1. The normalized spacial score (nSPS) is 10.6. The van der Waals surface area contributed by atoms with E-state index in [1.54, 1.807) is 24.3 Å². The zero-order valence-corrected chi connectivity index (χ0v) is 16.1. The molecule has 0 radical (unpaired) electrons. The zero-order chi connectivity index (χ0) is 19.2. The summed E-state index contributed by atoms with van der Waals surface area (Å²) in [6.45, 7) is 3.47. The van der Waals surface area contributed by atoms with Crippen molar-refractivity contribution in [3.63, 3.8) is 0 Å². The van der Waals surface area contributed by atoms with Crippen LogP contribution in [-0.4, -0.2) is 27.4 Å². The lowest BCUT2D eigenvalue weighted by Gasteiger charge is -2.08. The van der Waals surface area contributed by atoms with Crippen LogP contribution < -0.4 is 5.32 Å². The molecule has 1 aromatic heterocycles. The quantitative estimate of drug-likeness (QED) is 0.475. The summed E-state index contributed by atoms with van der Waals surface area (Å²) in [7, 11) is 0. The van der Waals surface area contributed by atoms with Gasteiger partial charge in [-0.05, 0) is 31.5 Å². The molecular weight excluding hydrogens is 358 g/mol. The van der Waals surface area contributed by atoms with E-state index in [4.69, 9.17) is 0 Å². The van der Waals surface area contributed by atoms with Crippen molar-refractivity contribution in [2.75, 3.05) is 11.1 Å². The van der Waals surface area contributed by atoms with Crippen LogP contribution in [0.5, 0.6) is 0 Å². The number of anilines is 1. The van der Waals surface area contributed by atoms with Gasteiger partial charge in [0, 0.05) is 17.7 Å². The van der Waals surface area contributed by atoms with E-state index in [1.807, 2.05) is 25.1 Å². The number of aromatic nitrogens is 2. The average Bonchev–Trinajstić information content (AvgIpc) is 3.01. The Morgan fingerprint density at radius 2 is 1.78 bits per heavy atom. The van der Waals surface area contributed by atoms with E-state index in [9.17, 15) is 9.59 Å². The van der Waals surface area contributed by atoms with Gasteiger partial charge >= 0.3 is 0 Å². The van der Waals surface area contributed by atoms with Gasteiger partial charge in [-0.2, -0.15) is 0 Å². The lowest BCUT2D eigenvalue weighted by Crippen LogP contribution is -2.16. The van der Waals surface area contributed by atoms with Gasteiger partial charge in [-0.15, -0.1) is 0 Å². The van der Waals surface area contributed by atoms with E-state index in [0.717, 1.165) is 17.8 Å². The molecule has 2 aromatic carbocycles. The van der Waals surface area contributed by atoms with Gasteiger partial charge in [0.2, 0.25) is 5.91 Å². The Balaban J connectivity index is 1.60. The van der Waals surface area contributed by atoms with E-state index in [1.165, 1.54) is 24.2 Å². The summed E-state index contributed by atoms with van der Waals surface area (Å²) in [4.78, 5) is 31.7. The molecule has 0 saturated carbocycles. The number of nitrogens with zero attached hydrogens (tertiary/aromatic N) is 1. The van der Waals surface area contributed by atoms with Crippen LogP contribution in [0.1, 0.15) is 34.2 Å². The van der Waals surface area contributed by atoms with Gasteiger partial charge in [-0.3, -0.25) is 9.59 Å². The first-order chi connectivity index (χ1) is 13.0. The third-order valence-electron chi connectivity index (χ3n) is 4.10. The van der Waals surface area contributed by atoms with Gasteiger partial charge in [-0.1, -0.05) is 54.2 Å². The highest BCUT2D eigenvalue weighted by atomic mass is 32.2. The second kappa shape index (κ2) is 8.68. The molecule has 0 unspecified atom stereocenters. The first-order valence-corrected chi connectivity index (χ1v) is 9.63. The van der Waals surface area contributed by atoms with Crippen LogP contribution in [0.2, 0.25) is 0 Å². The van der Waals surface area contributed by atoms with E-state index >= 15 is 0 Å². The number of ketones is 1. The van der Waals surface area contributed by atoms with E-state index < -0.39 is 0 Å². The number of nitrogens with one attached hydrogen (secondary N) is 2. The Bertz CT molecular complexity index is 951. The minimum atomic E-state index is -0.174. The summed E-state index contributed by atoms with van der Waals surface area (Å²) in [6, 6.07) is 17.2. The third kappa shape index (κ3) is 5.08. The van der Waals surface area contributed by atoms with Crippen LogP contribution in [0.15, 0.2) is 59.8 Å². The number of hydrogen-bond donors (Lipinski definition) is 2. The van der Waals surface area contributed by atoms with Crippen molar-refractivity contribution < 1.29 is 9.59 Å². The number of para-hydroxylation sites is 1. The number of carbonyl (C=O) groups is 2. The van der Waals surface area contributed by atoms with Gasteiger partial charge in [0.15, 0.2) is 10.9 Å². The lowest BCUT2D eigenvalue weighted by atomic mass is 10.1. The maximum atomic E-state index is 12.3. The van der Waals surface area contributed by atoms with Crippen LogP contribution in [0, 0.1) is 6.92 Å². The van der Waals surface area contributed by atoms with Gasteiger partial charge < -0.3 is 10.3 Å². The molecular formula is C21H21N3O2S. The molecule has 0 aliphatic carbocycles. The highest BCUT2D eigenvalue weighted by Gasteiger charge is 2.12. The van der Waals surface area contributed by atoms with Crippen molar-refractivity contribution in [1.82, 2.24) is 9.97 Å². The van der Waals surface area contributed by atoms with Crippen molar-refractivity contribution >= 4 is 29.1 Å². The molecule has 0 spiro atoms. The molecule has 0 aliphatic rings. The van der Waals surface area contributed by atoms with Crippen molar-refractivity contribution in [2.24, 2.45) is 0 Å². The molecule has 1 amide bonds. The third-order valence-corrected chi connectivity index (χ3v) is 4.97. The Kier molecular flexibility index (Phi) is 6.08. The van der Waals surface area contributed by atoms with Gasteiger partial charge in [0.05, 0.1) is 17.1 Å². The fourth-order valence-electron chi connectivity index (χ4n) is 2.72. The van der Waals surface area contributed by atoms with Crippen molar-refractivity contribution in [3.8, 4) is 0 Å². The number of imidazole rings is 1. The van der Waals surface area contributed by atoms with Crippen LogP contribution >= 0.6 is 11.8 Å². The summed E-state index contributed by atoms with van der Waals surface area (Å²) in [5.74, 6) is -0.0395. The SMILES string of the molecule is CC(=O)c1ccccc1NC(=O)CSc1nc(Cc2ccccc2)c(C)[nH]1. The molecule has 3 rings (SSSR count). The van der Waals surface area contributed by atoms with Crippen molar-refractivity contribution in [2.45, 2.75) is 25.4 Å². The first-order valence-electron chi connectivity index (χ1n) is 8.65. The second-order valence-electron chi connectivity index (χ2n) is 6.21. The van der Waals surface area contributed by atoms with Gasteiger partial charge in [0.1, 0.15) is 0 Å². The summed E-state index contributed by atoms with van der Waals surface area (Å²) >= 11 is 1.34. The molecule has 138 valence electrons. The molecule has 0 fully saturated rings. The van der Waals surface area contributed by atoms with E-state index in [2.05, 4.69) is 27.4 Å². The second-order valence-corrected chi connectivity index (χ2v) is 7.18. The number of carbonyl (C=O) groups excluding carboxylic acids is 2. The van der Waals surface area contributed by atoms with Crippen molar-refractivity contribution in [3.05, 3.63) is 77.1 Å². The number of Topliss-reactive ketones (excluding diaryl/α,β-unsaturated/α-hetero) is 1. The number of thioether (sulfide) groups is 1. The Labute approximate surface area is 162 Å². The Morgan fingerprint density at radius 1 is 1.07 bits per heavy atom. The van der Waals surface area contributed by atoms with Crippen molar-refractivity contribution in [1.29, 1.82) is 0 Å². The summed E-state index contributed by atoms with van der Waals surface area (Å²) < 4.78 is 0. The van der Waals surface area contributed by atoms with Crippen LogP contribution in [0.3, 0.4) is 0 Å². The average molecular weight is 379 g/mol. The number of amides is 1. The topological polar surface area (TPSA) is 74.8 Å². The molecule has 6 heteroatoms. The van der Waals surface area contributed by atoms with E-state index in [0.29, 0.717) is 16.4 Å². The predicted molar refractivity (Wildman–Crippen MR) is 108 cm³/mol. The van der Waals surface area contributed by atoms with Crippen LogP contribution in [-0.2, 0) is 11.2 Å². The van der Waals surface area contributed by atoms with Gasteiger partial charge in [-0.25, -0.2) is 4.98 Å². The smallest absolute Gasteiger partial charge is 0.234 e. The molecule has 27 heavy (non-hydrogen) atoms. The largest absolute Gasteiger partial charge is 0.337 e. The molecule has 2 N–H and O–H groups in total. The minimum Gasteiger partial charge on any atom is -0.337 e. The first kappa shape index (κ1) is 18.9. The fourth-order valence-corrected chi connectivity index (χ4v) is 3.46. The monoisotopic (exact) mass is 379 g/mol. The number of rotatable bonds is 7. The maximum absolute atomic E-state index is 12.3. The number of aryl methyl sites for hydroxylation is 1. The minimum absolute atomic E-state index is 0.0780. The van der Waals surface area contributed by atoms with Crippen LogP contribution in [0.25, 0.3) is 0 Å². The highest BCUT2D eigenvalue weighted by Crippen LogP contribution is 2.20. The fraction of sp³-hybridized carbons (Fsp3) is 0.190. The molecule has 5 nitrogen and oxygen atoms in total.